The smallest absolute Gasteiger partial charge is 0.261 e. The molecule has 3 aromatic rings. The van der Waals surface area contributed by atoms with E-state index < -0.39 is 33.6 Å². The summed E-state index contributed by atoms with van der Waals surface area (Å²) in [7, 11) is -3.95. The van der Waals surface area contributed by atoms with Crippen LogP contribution in [0.2, 0.25) is 0 Å². The highest BCUT2D eigenvalue weighted by Gasteiger charge is 2.18. The number of rotatable bonds is 10. The molecular weight excluding hydrogens is 466 g/mol. The molecule has 1 atom stereocenters. The van der Waals surface area contributed by atoms with Crippen molar-refractivity contribution in [2.45, 2.75) is 24.8 Å². The van der Waals surface area contributed by atoms with E-state index in [0.29, 0.717) is 24.1 Å². The van der Waals surface area contributed by atoms with Crippen LogP contribution >= 0.6 is 0 Å². The summed E-state index contributed by atoms with van der Waals surface area (Å²) >= 11 is 0. The normalized spacial score (nSPS) is 12.0. The third kappa shape index (κ3) is 6.67. The molecule has 0 saturated heterocycles. The van der Waals surface area contributed by atoms with Crippen LogP contribution in [0, 0.1) is 11.6 Å². The maximum Gasteiger partial charge on any atom is 0.261 e. The van der Waals surface area contributed by atoms with Crippen LogP contribution in [-0.2, 0) is 10.0 Å². The molecule has 0 aliphatic carbocycles. The van der Waals surface area contributed by atoms with E-state index in [-0.39, 0.29) is 22.8 Å². The van der Waals surface area contributed by atoms with Gasteiger partial charge >= 0.3 is 0 Å². The standard InChI is InChI=1S/C24H24F2N2O5S/c1-3-32-20-10-8-19(9-11-20)28-34(30,31)21-6-4-5-17(13-21)24(29)27-16(2)15-33-23-12-7-18(25)14-22(23)26/h4-14,16,28H,3,15H2,1-2H3,(H,27,29). The Bertz CT molecular complexity index is 1250. The molecule has 0 heterocycles. The lowest BCUT2D eigenvalue weighted by molar-refractivity contribution is 0.0926. The average molecular weight is 491 g/mol. The highest BCUT2D eigenvalue weighted by atomic mass is 32.2. The predicted molar refractivity (Wildman–Crippen MR) is 124 cm³/mol. The van der Waals surface area contributed by atoms with Gasteiger partial charge in [-0.2, -0.15) is 0 Å². The first kappa shape index (κ1) is 25.0. The van der Waals surface area contributed by atoms with E-state index in [1.165, 1.54) is 24.3 Å². The molecule has 34 heavy (non-hydrogen) atoms. The quantitative estimate of drug-likeness (QED) is 0.441. The van der Waals surface area contributed by atoms with Crippen molar-refractivity contribution >= 4 is 21.6 Å². The first-order valence-electron chi connectivity index (χ1n) is 10.4. The van der Waals surface area contributed by atoms with Gasteiger partial charge in [0.05, 0.1) is 17.5 Å². The lowest BCUT2D eigenvalue weighted by Gasteiger charge is -2.16. The van der Waals surface area contributed by atoms with Gasteiger partial charge in [0, 0.05) is 17.3 Å². The van der Waals surface area contributed by atoms with Crippen LogP contribution < -0.4 is 19.5 Å². The summed E-state index contributed by atoms with van der Waals surface area (Å²) in [5, 5.41) is 2.65. The summed E-state index contributed by atoms with van der Waals surface area (Å²) in [6.07, 6.45) is 0. The number of hydrogen-bond donors (Lipinski definition) is 2. The van der Waals surface area contributed by atoms with Crippen molar-refractivity contribution in [3.05, 3.63) is 83.9 Å². The Morgan fingerprint density at radius 1 is 1.00 bits per heavy atom. The fourth-order valence-electron chi connectivity index (χ4n) is 2.96. The Morgan fingerprint density at radius 3 is 2.41 bits per heavy atom. The van der Waals surface area contributed by atoms with E-state index in [4.69, 9.17) is 9.47 Å². The molecule has 3 aromatic carbocycles. The van der Waals surface area contributed by atoms with Gasteiger partial charge in [-0.3, -0.25) is 9.52 Å². The van der Waals surface area contributed by atoms with Crippen molar-refractivity contribution in [1.82, 2.24) is 5.32 Å². The van der Waals surface area contributed by atoms with Crippen molar-refractivity contribution < 1.29 is 31.5 Å². The number of ether oxygens (including phenoxy) is 2. The van der Waals surface area contributed by atoms with Crippen LogP contribution in [0.1, 0.15) is 24.2 Å². The lowest BCUT2D eigenvalue weighted by Crippen LogP contribution is -2.37. The van der Waals surface area contributed by atoms with Crippen molar-refractivity contribution in [1.29, 1.82) is 0 Å². The van der Waals surface area contributed by atoms with Crippen LogP contribution in [0.4, 0.5) is 14.5 Å². The molecule has 0 fully saturated rings. The van der Waals surface area contributed by atoms with Gasteiger partial charge in [0.2, 0.25) is 0 Å². The van der Waals surface area contributed by atoms with Gasteiger partial charge in [0.1, 0.15) is 18.2 Å². The Hall–Kier alpha value is -3.66. The molecule has 2 N–H and O–H groups in total. The number of anilines is 1. The third-order valence-electron chi connectivity index (χ3n) is 4.58. The third-order valence-corrected chi connectivity index (χ3v) is 5.96. The fourth-order valence-corrected chi connectivity index (χ4v) is 4.06. The highest BCUT2D eigenvalue weighted by molar-refractivity contribution is 7.92. The Labute approximate surface area is 196 Å². The number of carbonyl (C=O) groups is 1. The van der Waals surface area contributed by atoms with E-state index in [2.05, 4.69) is 10.0 Å². The monoisotopic (exact) mass is 490 g/mol. The summed E-state index contributed by atoms with van der Waals surface area (Å²) in [5.74, 6) is -1.64. The van der Waals surface area contributed by atoms with Gasteiger partial charge in [0.25, 0.3) is 15.9 Å². The summed E-state index contributed by atoms with van der Waals surface area (Å²) in [6, 6.07) is 14.4. The molecule has 1 unspecified atom stereocenters. The molecule has 10 heteroatoms. The van der Waals surface area contributed by atoms with E-state index >= 15 is 0 Å². The van der Waals surface area contributed by atoms with Crippen LogP contribution in [0.25, 0.3) is 0 Å². The molecule has 0 aromatic heterocycles. The topological polar surface area (TPSA) is 93.7 Å². The fraction of sp³-hybridized carbons (Fsp3) is 0.208. The number of amides is 1. The van der Waals surface area contributed by atoms with Crippen molar-refractivity contribution in [2.75, 3.05) is 17.9 Å². The summed E-state index contributed by atoms with van der Waals surface area (Å²) in [5.41, 5.74) is 0.464. The maximum atomic E-state index is 13.7. The summed E-state index contributed by atoms with van der Waals surface area (Å²) in [4.78, 5) is 12.5. The SMILES string of the molecule is CCOc1ccc(NS(=O)(=O)c2cccc(C(=O)NC(C)COc3ccc(F)cc3F)c2)cc1. The van der Waals surface area contributed by atoms with E-state index in [9.17, 15) is 22.0 Å². The molecule has 7 nitrogen and oxygen atoms in total. The van der Waals surface area contributed by atoms with Gasteiger partial charge in [-0.25, -0.2) is 17.2 Å². The van der Waals surface area contributed by atoms with E-state index in [0.717, 1.165) is 12.1 Å². The molecule has 0 aliphatic heterocycles. The minimum Gasteiger partial charge on any atom is -0.494 e. The zero-order chi connectivity index (χ0) is 24.7. The zero-order valence-corrected chi connectivity index (χ0v) is 19.4. The Balaban J connectivity index is 1.63. The predicted octanol–water partition coefficient (Wildman–Crippen LogP) is 4.36. The number of hydrogen-bond acceptors (Lipinski definition) is 5. The molecule has 0 aliphatic rings. The highest BCUT2D eigenvalue weighted by Crippen LogP contribution is 2.21. The van der Waals surface area contributed by atoms with Crippen LogP contribution in [0.15, 0.2) is 71.6 Å². The van der Waals surface area contributed by atoms with Crippen LogP contribution in [0.3, 0.4) is 0 Å². The molecular formula is C24H24F2N2O5S. The zero-order valence-electron chi connectivity index (χ0n) is 18.5. The first-order valence-corrected chi connectivity index (χ1v) is 11.9. The number of benzene rings is 3. The molecule has 0 radical (unpaired) electrons. The van der Waals surface area contributed by atoms with Crippen molar-refractivity contribution in [3.63, 3.8) is 0 Å². The van der Waals surface area contributed by atoms with Crippen molar-refractivity contribution in [2.24, 2.45) is 0 Å². The molecule has 1 amide bonds. The van der Waals surface area contributed by atoms with Crippen molar-refractivity contribution in [3.8, 4) is 11.5 Å². The van der Waals surface area contributed by atoms with Crippen LogP contribution in [0.5, 0.6) is 11.5 Å². The minimum atomic E-state index is -3.95. The lowest BCUT2D eigenvalue weighted by atomic mass is 10.2. The van der Waals surface area contributed by atoms with Gasteiger partial charge in [-0.1, -0.05) is 6.07 Å². The summed E-state index contributed by atoms with van der Waals surface area (Å²) < 4.78 is 65.3. The van der Waals surface area contributed by atoms with Gasteiger partial charge in [-0.15, -0.1) is 0 Å². The second-order valence-corrected chi connectivity index (χ2v) is 9.03. The number of nitrogens with one attached hydrogen (secondary N) is 2. The number of halogens is 2. The summed E-state index contributed by atoms with van der Waals surface area (Å²) in [6.45, 7) is 3.89. The minimum absolute atomic E-state index is 0.0778. The van der Waals surface area contributed by atoms with Crippen LogP contribution in [-0.4, -0.2) is 33.6 Å². The van der Waals surface area contributed by atoms with Gasteiger partial charge in [-0.05, 0) is 68.4 Å². The van der Waals surface area contributed by atoms with E-state index in [1.54, 1.807) is 31.2 Å². The number of sulfonamides is 1. The molecule has 0 spiro atoms. The second-order valence-electron chi connectivity index (χ2n) is 7.35. The number of carbonyl (C=O) groups excluding carboxylic acids is 1. The molecule has 180 valence electrons. The van der Waals surface area contributed by atoms with E-state index in [1.807, 2.05) is 6.92 Å². The molecule has 0 saturated carbocycles. The molecule has 3 rings (SSSR count). The largest absolute Gasteiger partial charge is 0.494 e. The average Bonchev–Trinajstić information content (AvgIpc) is 2.80. The Kier molecular flexibility index (Phi) is 8.06. The first-order chi connectivity index (χ1) is 16.2. The van der Waals surface area contributed by atoms with Gasteiger partial charge < -0.3 is 14.8 Å². The van der Waals surface area contributed by atoms with Gasteiger partial charge in [0.15, 0.2) is 11.6 Å². The molecule has 0 bridgehead atoms. The maximum absolute atomic E-state index is 13.7. The second kappa shape index (κ2) is 11.0. The Morgan fingerprint density at radius 2 is 1.74 bits per heavy atom.